The monoisotopic (exact) mass is 338 g/mol. The van der Waals surface area contributed by atoms with E-state index in [1.807, 2.05) is 0 Å². The predicted octanol–water partition coefficient (Wildman–Crippen LogP) is 3.46. The van der Waals surface area contributed by atoms with E-state index in [0.717, 1.165) is 6.07 Å². The minimum absolute atomic E-state index is 0.0311. The second-order valence-corrected chi connectivity index (χ2v) is 4.47. The van der Waals surface area contributed by atoms with Crippen molar-refractivity contribution in [3.63, 3.8) is 0 Å². The molecule has 0 aliphatic heterocycles. The Bertz CT molecular complexity index is 767. The molecule has 0 aliphatic rings. The van der Waals surface area contributed by atoms with Gasteiger partial charge in [-0.05, 0) is 18.2 Å². The molecule has 0 radical (unpaired) electrons. The lowest BCUT2D eigenvalue weighted by Crippen LogP contribution is -2.15. The number of methoxy groups -OCH3 is 1. The van der Waals surface area contributed by atoms with Gasteiger partial charge in [-0.25, -0.2) is 0 Å². The molecule has 0 saturated heterocycles. The summed E-state index contributed by atoms with van der Waals surface area (Å²) in [5.41, 5.74) is -0.377. The third-order valence-electron chi connectivity index (χ3n) is 2.99. The largest absolute Gasteiger partial charge is 0.495 e. The highest BCUT2D eigenvalue weighted by Crippen LogP contribution is 2.30. The third-order valence-corrected chi connectivity index (χ3v) is 2.99. The zero-order valence-electron chi connectivity index (χ0n) is 12.4. The number of rotatable bonds is 6. The van der Waals surface area contributed by atoms with Gasteiger partial charge in [0.15, 0.2) is 0 Å². The molecule has 0 heterocycles. The number of hydrogen-bond donors (Lipinski definition) is 1. The molecule has 2 rings (SSSR count). The zero-order valence-corrected chi connectivity index (χ0v) is 12.4. The summed E-state index contributed by atoms with van der Waals surface area (Å²) in [5.74, 6) is -0.902. The Morgan fingerprint density at radius 2 is 1.92 bits per heavy atom. The van der Waals surface area contributed by atoms with Crippen LogP contribution in [0.3, 0.4) is 0 Å². The number of hydrogen-bond acceptors (Lipinski definition) is 5. The molecule has 1 amide bonds. The van der Waals surface area contributed by atoms with Gasteiger partial charge in [-0.3, -0.25) is 14.9 Å². The molecule has 0 atom stereocenters. The number of anilines is 1. The number of nitrogens with one attached hydrogen (secondary N) is 1. The van der Waals surface area contributed by atoms with E-state index in [4.69, 9.17) is 4.74 Å². The van der Waals surface area contributed by atoms with Gasteiger partial charge >= 0.3 is 6.61 Å². The average molecular weight is 338 g/mol. The molecule has 0 spiro atoms. The predicted molar refractivity (Wildman–Crippen MR) is 80.7 cm³/mol. The highest BCUT2D eigenvalue weighted by molar-refractivity contribution is 6.07. The van der Waals surface area contributed by atoms with Crippen LogP contribution in [0.2, 0.25) is 0 Å². The van der Waals surface area contributed by atoms with Gasteiger partial charge in [-0.15, -0.1) is 0 Å². The molecule has 9 heteroatoms. The van der Waals surface area contributed by atoms with Crippen LogP contribution in [-0.4, -0.2) is 24.6 Å². The Balaban J connectivity index is 2.33. The molecule has 7 nitrogen and oxygen atoms in total. The number of nitro benzene ring substituents is 1. The van der Waals surface area contributed by atoms with Gasteiger partial charge in [0, 0.05) is 12.1 Å². The lowest BCUT2D eigenvalue weighted by atomic mass is 10.1. The number of ether oxygens (including phenoxy) is 2. The number of nitrogens with zero attached hydrogens (tertiary/aromatic N) is 1. The van der Waals surface area contributed by atoms with E-state index >= 15 is 0 Å². The molecule has 2 aromatic carbocycles. The maximum atomic E-state index is 12.4. The van der Waals surface area contributed by atoms with Crippen LogP contribution in [-0.2, 0) is 0 Å². The molecule has 0 unspecified atom stereocenters. The van der Waals surface area contributed by atoms with E-state index in [9.17, 15) is 23.7 Å². The van der Waals surface area contributed by atoms with E-state index in [0.29, 0.717) is 0 Å². The molecule has 0 fully saturated rings. The van der Waals surface area contributed by atoms with E-state index in [1.54, 1.807) is 0 Å². The number of amides is 1. The Kier molecular flexibility index (Phi) is 5.25. The molecule has 1 N–H and O–H groups in total. The molecule has 126 valence electrons. The summed E-state index contributed by atoms with van der Waals surface area (Å²) in [6, 6.07) is 9.04. The lowest BCUT2D eigenvalue weighted by molar-refractivity contribution is -0.384. The van der Waals surface area contributed by atoms with Crippen molar-refractivity contribution < 1.29 is 28.0 Å². The van der Waals surface area contributed by atoms with Crippen LogP contribution in [0.1, 0.15) is 10.4 Å². The molecule has 0 aromatic heterocycles. The quantitative estimate of drug-likeness (QED) is 0.643. The summed E-state index contributed by atoms with van der Waals surface area (Å²) >= 11 is 0. The van der Waals surface area contributed by atoms with Gasteiger partial charge in [-0.1, -0.05) is 12.1 Å². The number of nitro groups is 1. The fourth-order valence-electron chi connectivity index (χ4n) is 1.95. The van der Waals surface area contributed by atoms with Crippen molar-refractivity contribution in [2.75, 3.05) is 12.4 Å². The standard InChI is InChI=1S/C15H12F2N2O5/c1-23-13-7-6-9(19(21)22)8-11(13)18-14(20)10-4-2-3-5-12(10)24-15(16)17/h2-8,15H,1H3,(H,18,20). The first-order chi connectivity index (χ1) is 11.4. The number of halogens is 2. The fourth-order valence-corrected chi connectivity index (χ4v) is 1.95. The Hall–Kier alpha value is -3.23. The van der Waals surface area contributed by atoms with Crippen LogP contribution >= 0.6 is 0 Å². The summed E-state index contributed by atoms with van der Waals surface area (Å²) in [5, 5.41) is 13.2. The van der Waals surface area contributed by atoms with Gasteiger partial charge in [0.1, 0.15) is 11.5 Å². The summed E-state index contributed by atoms with van der Waals surface area (Å²) in [7, 11) is 1.32. The molecular weight excluding hydrogens is 326 g/mol. The number of carbonyl (C=O) groups excluding carboxylic acids is 1. The van der Waals surface area contributed by atoms with E-state index in [1.165, 1.54) is 43.5 Å². The van der Waals surface area contributed by atoms with Crippen LogP contribution in [0.25, 0.3) is 0 Å². The van der Waals surface area contributed by atoms with Crippen molar-refractivity contribution in [1.29, 1.82) is 0 Å². The molecule has 24 heavy (non-hydrogen) atoms. The summed E-state index contributed by atoms with van der Waals surface area (Å²) in [6.07, 6.45) is 0. The molecule has 0 saturated carbocycles. The minimum atomic E-state index is -3.09. The van der Waals surface area contributed by atoms with E-state index in [-0.39, 0.29) is 28.4 Å². The summed E-state index contributed by atoms with van der Waals surface area (Å²) in [6.45, 7) is -3.09. The molecule has 2 aromatic rings. The zero-order chi connectivity index (χ0) is 17.7. The minimum Gasteiger partial charge on any atom is -0.495 e. The van der Waals surface area contributed by atoms with Gasteiger partial charge in [-0.2, -0.15) is 8.78 Å². The number of para-hydroxylation sites is 1. The Morgan fingerprint density at radius 1 is 1.21 bits per heavy atom. The number of benzene rings is 2. The molecule has 0 aliphatic carbocycles. The maximum absolute atomic E-state index is 12.4. The normalized spacial score (nSPS) is 10.3. The first-order valence-electron chi connectivity index (χ1n) is 6.60. The van der Waals surface area contributed by atoms with Crippen molar-refractivity contribution in [3.8, 4) is 11.5 Å². The third kappa shape index (κ3) is 3.94. The van der Waals surface area contributed by atoms with Crippen molar-refractivity contribution in [2.24, 2.45) is 0 Å². The Labute approximate surface area is 135 Å². The average Bonchev–Trinajstić information content (AvgIpc) is 2.54. The van der Waals surface area contributed by atoms with Gasteiger partial charge in [0.05, 0.1) is 23.3 Å². The maximum Gasteiger partial charge on any atom is 0.387 e. The number of non-ortho nitro benzene ring substituents is 1. The SMILES string of the molecule is COc1ccc([N+](=O)[O-])cc1NC(=O)c1ccccc1OC(F)F. The van der Waals surface area contributed by atoms with Gasteiger partial charge in [0.25, 0.3) is 11.6 Å². The van der Waals surface area contributed by atoms with Crippen molar-refractivity contribution in [2.45, 2.75) is 6.61 Å². The van der Waals surface area contributed by atoms with E-state index < -0.39 is 17.4 Å². The van der Waals surface area contributed by atoms with Gasteiger partial charge in [0.2, 0.25) is 0 Å². The van der Waals surface area contributed by atoms with Crippen molar-refractivity contribution in [1.82, 2.24) is 0 Å². The highest BCUT2D eigenvalue weighted by Gasteiger charge is 2.18. The van der Waals surface area contributed by atoms with Crippen LogP contribution in [0, 0.1) is 10.1 Å². The van der Waals surface area contributed by atoms with Crippen LogP contribution < -0.4 is 14.8 Å². The number of alkyl halides is 2. The van der Waals surface area contributed by atoms with Crippen molar-refractivity contribution in [3.05, 3.63) is 58.1 Å². The van der Waals surface area contributed by atoms with Crippen LogP contribution in [0.4, 0.5) is 20.2 Å². The van der Waals surface area contributed by atoms with Gasteiger partial charge < -0.3 is 14.8 Å². The molecular formula is C15H12F2N2O5. The van der Waals surface area contributed by atoms with E-state index in [2.05, 4.69) is 10.1 Å². The number of carbonyl (C=O) groups is 1. The van der Waals surface area contributed by atoms with Crippen molar-refractivity contribution >= 4 is 17.3 Å². The summed E-state index contributed by atoms with van der Waals surface area (Å²) < 4.78 is 34.1. The molecule has 0 bridgehead atoms. The first-order valence-corrected chi connectivity index (χ1v) is 6.60. The van der Waals surface area contributed by atoms with Crippen LogP contribution in [0.5, 0.6) is 11.5 Å². The topological polar surface area (TPSA) is 90.7 Å². The second-order valence-electron chi connectivity index (χ2n) is 4.47. The fraction of sp³-hybridized carbons (Fsp3) is 0.133. The highest BCUT2D eigenvalue weighted by atomic mass is 19.3. The summed E-state index contributed by atoms with van der Waals surface area (Å²) in [4.78, 5) is 22.5. The van der Waals surface area contributed by atoms with Crippen LogP contribution in [0.15, 0.2) is 42.5 Å². The first kappa shape index (κ1) is 17.1. The Morgan fingerprint density at radius 3 is 2.54 bits per heavy atom. The lowest BCUT2D eigenvalue weighted by Gasteiger charge is -2.12. The second kappa shape index (κ2) is 7.36. The smallest absolute Gasteiger partial charge is 0.387 e.